The predicted octanol–water partition coefficient (Wildman–Crippen LogP) is 0.210. The van der Waals surface area contributed by atoms with Gasteiger partial charge in [0.15, 0.2) is 6.67 Å². The highest BCUT2D eigenvalue weighted by atomic mass is 32.2. The van der Waals surface area contributed by atoms with Gasteiger partial charge in [0, 0.05) is 0 Å². The van der Waals surface area contributed by atoms with Gasteiger partial charge in [-0.25, -0.2) is 12.8 Å². The third-order valence-corrected chi connectivity index (χ3v) is 7.32. The molecule has 0 unspecified atom stereocenters. The van der Waals surface area contributed by atoms with Crippen LogP contribution in [0.2, 0.25) is 0 Å². The zero-order valence-corrected chi connectivity index (χ0v) is 16.7. The molecule has 152 valence electrons. The molecule has 0 saturated carbocycles. The summed E-state index contributed by atoms with van der Waals surface area (Å²) in [6, 6.07) is 10.4. The topological polar surface area (TPSA) is 79.2 Å². The fourth-order valence-corrected chi connectivity index (χ4v) is 5.15. The lowest BCUT2D eigenvalue weighted by Crippen LogP contribution is -3.16. The Labute approximate surface area is 168 Å². The maximum Gasteiger partial charge on any atom is 0.303 e. The summed E-state index contributed by atoms with van der Waals surface area (Å²) >= 11 is 0. The van der Waals surface area contributed by atoms with E-state index in [4.69, 9.17) is 0 Å². The van der Waals surface area contributed by atoms with E-state index in [0.717, 1.165) is 16.5 Å². The van der Waals surface area contributed by atoms with Crippen molar-refractivity contribution in [3.8, 4) is 0 Å². The average Bonchev–Trinajstić information content (AvgIpc) is 2.93. The van der Waals surface area contributed by atoms with Gasteiger partial charge in [0.05, 0.1) is 42.3 Å². The first-order chi connectivity index (χ1) is 13.8. The number of nitrogens with one attached hydrogen (secondary N) is 1. The summed E-state index contributed by atoms with van der Waals surface area (Å²) in [5.41, 5.74) is 1.47. The number of hydrogen-bond acceptors (Lipinski definition) is 4. The summed E-state index contributed by atoms with van der Waals surface area (Å²) in [6.07, 6.45) is 0. The number of Topliss-reactive ketones (excluding diaryl/α,β-unsaturated/α-hetero) is 1. The van der Waals surface area contributed by atoms with Crippen LogP contribution in [-0.2, 0) is 14.8 Å². The Kier molecular flexibility index (Phi) is 4.97. The number of benzene rings is 2. The highest BCUT2D eigenvalue weighted by Crippen LogP contribution is 2.28. The summed E-state index contributed by atoms with van der Waals surface area (Å²) in [6.45, 7) is 3.66. The van der Waals surface area contributed by atoms with Crippen LogP contribution in [-0.4, -0.2) is 57.3 Å². The molecule has 0 aliphatic carbocycles. The number of fused-ring (bicyclic) bond motifs is 1. The molecule has 0 spiro atoms. The van der Waals surface area contributed by atoms with Crippen molar-refractivity contribution in [2.24, 2.45) is 0 Å². The zero-order chi connectivity index (χ0) is 20.8. The minimum atomic E-state index is -3.57. The van der Waals surface area contributed by atoms with Crippen molar-refractivity contribution in [1.82, 2.24) is 4.31 Å². The number of ketones is 1. The quantitative estimate of drug-likeness (QED) is 0.720. The Bertz CT molecular complexity index is 1080. The number of nitrogens with zero attached hydrogens (tertiary/aromatic N) is 2. The van der Waals surface area contributed by atoms with Crippen molar-refractivity contribution < 1.29 is 27.3 Å². The Hall–Kier alpha value is -2.62. The lowest BCUT2D eigenvalue weighted by Gasteiger charge is -2.33. The molecule has 1 saturated heterocycles. The van der Waals surface area contributed by atoms with Crippen LogP contribution < -0.4 is 9.80 Å². The zero-order valence-electron chi connectivity index (χ0n) is 15.9. The van der Waals surface area contributed by atoms with E-state index in [1.54, 1.807) is 24.3 Å². The normalized spacial score (nSPS) is 18.3. The predicted molar refractivity (Wildman–Crippen MR) is 104 cm³/mol. The molecule has 1 N–H and O–H groups in total. The smallest absolute Gasteiger partial charge is 0.303 e. The third-order valence-electron chi connectivity index (χ3n) is 5.40. The molecule has 29 heavy (non-hydrogen) atoms. The standard InChI is InChI=1S/C20H20FN3O4S/c1-14-2-5-16(6-3-14)29(27,28)23-10-8-22(9-11-23)13-24-18-12-15(21)4-7-17(18)19(25)20(24)26/h2-7,12H,8-11,13H2,1H3/p+1. The number of quaternary nitrogens is 1. The molecule has 0 bridgehead atoms. The average molecular weight is 418 g/mol. The maximum atomic E-state index is 13.6. The van der Waals surface area contributed by atoms with Gasteiger partial charge in [0.1, 0.15) is 5.82 Å². The van der Waals surface area contributed by atoms with Crippen LogP contribution in [0.3, 0.4) is 0 Å². The molecule has 1 fully saturated rings. The SMILES string of the molecule is Cc1ccc(S(=O)(=O)N2CC[NH+](CN3C(=O)C(=O)c4ccc(F)cc43)CC2)cc1. The molecule has 0 aromatic heterocycles. The van der Waals surface area contributed by atoms with Crippen molar-refractivity contribution in [3.05, 3.63) is 59.4 Å². The van der Waals surface area contributed by atoms with Gasteiger partial charge in [-0.3, -0.25) is 14.5 Å². The number of anilines is 1. The molecular weight excluding hydrogens is 397 g/mol. The lowest BCUT2D eigenvalue weighted by molar-refractivity contribution is -0.902. The van der Waals surface area contributed by atoms with Crippen molar-refractivity contribution >= 4 is 27.4 Å². The van der Waals surface area contributed by atoms with Crippen LogP contribution >= 0.6 is 0 Å². The second-order valence-corrected chi connectivity index (χ2v) is 9.29. The minimum Gasteiger partial charge on any atom is -0.315 e. The fraction of sp³-hybridized carbons (Fsp3) is 0.300. The second kappa shape index (κ2) is 7.33. The molecular formula is C20H21FN3O4S+. The van der Waals surface area contributed by atoms with Gasteiger partial charge in [0.25, 0.3) is 5.78 Å². The van der Waals surface area contributed by atoms with E-state index >= 15 is 0 Å². The maximum absolute atomic E-state index is 13.6. The van der Waals surface area contributed by atoms with Gasteiger partial charge in [-0.05, 0) is 37.3 Å². The lowest BCUT2D eigenvalue weighted by atomic mass is 10.1. The molecule has 9 heteroatoms. The summed E-state index contributed by atoms with van der Waals surface area (Å²) in [5.74, 6) is -1.83. The minimum absolute atomic E-state index is 0.194. The van der Waals surface area contributed by atoms with Gasteiger partial charge >= 0.3 is 5.91 Å². The van der Waals surface area contributed by atoms with Crippen LogP contribution in [0.1, 0.15) is 15.9 Å². The Morgan fingerprint density at radius 1 is 1.03 bits per heavy atom. The van der Waals surface area contributed by atoms with E-state index in [1.165, 1.54) is 21.3 Å². The number of aryl methyl sites for hydroxylation is 1. The van der Waals surface area contributed by atoms with E-state index < -0.39 is 27.5 Å². The first kappa shape index (κ1) is 19.7. The summed E-state index contributed by atoms with van der Waals surface area (Å²) in [4.78, 5) is 26.9. The van der Waals surface area contributed by atoms with Gasteiger partial charge in [-0.15, -0.1) is 0 Å². The van der Waals surface area contributed by atoms with Crippen molar-refractivity contribution in [2.45, 2.75) is 11.8 Å². The van der Waals surface area contributed by atoms with Crippen molar-refractivity contribution in [2.75, 3.05) is 37.7 Å². The third kappa shape index (κ3) is 3.57. The van der Waals surface area contributed by atoms with Gasteiger partial charge in [-0.2, -0.15) is 4.31 Å². The van der Waals surface area contributed by atoms with E-state index in [-0.39, 0.29) is 22.8 Å². The molecule has 7 nitrogen and oxygen atoms in total. The van der Waals surface area contributed by atoms with E-state index in [0.29, 0.717) is 26.2 Å². The second-order valence-electron chi connectivity index (χ2n) is 7.35. The number of hydrogen-bond donors (Lipinski definition) is 1. The van der Waals surface area contributed by atoms with Crippen molar-refractivity contribution in [1.29, 1.82) is 0 Å². The number of rotatable bonds is 4. The molecule has 2 aromatic carbocycles. The van der Waals surface area contributed by atoms with Crippen molar-refractivity contribution in [3.63, 3.8) is 0 Å². The molecule has 2 heterocycles. The Balaban J connectivity index is 1.45. The number of piperazine rings is 1. The molecule has 4 rings (SSSR count). The number of carbonyl (C=O) groups excluding carboxylic acids is 2. The summed E-state index contributed by atoms with van der Waals surface area (Å²) in [5, 5.41) is 0. The molecule has 1 amide bonds. The van der Waals surface area contributed by atoms with E-state index in [9.17, 15) is 22.4 Å². The fourth-order valence-electron chi connectivity index (χ4n) is 3.71. The molecule has 0 atom stereocenters. The Morgan fingerprint density at radius 2 is 1.69 bits per heavy atom. The van der Waals surface area contributed by atoms with Crippen LogP contribution in [0.25, 0.3) is 0 Å². The number of sulfonamides is 1. The first-order valence-electron chi connectivity index (χ1n) is 9.33. The summed E-state index contributed by atoms with van der Waals surface area (Å²) in [7, 11) is -3.57. The van der Waals surface area contributed by atoms with Gasteiger partial charge < -0.3 is 4.90 Å². The molecule has 0 radical (unpaired) electrons. The van der Waals surface area contributed by atoms with E-state index in [1.807, 2.05) is 6.92 Å². The summed E-state index contributed by atoms with van der Waals surface area (Å²) < 4.78 is 40.7. The monoisotopic (exact) mass is 418 g/mol. The van der Waals surface area contributed by atoms with E-state index in [2.05, 4.69) is 0 Å². The molecule has 2 aliphatic rings. The highest BCUT2D eigenvalue weighted by Gasteiger charge is 2.39. The number of halogens is 1. The van der Waals surface area contributed by atoms with Gasteiger partial charge in [0.2, 0.25) is 10.0 Å². The molecule has 2 aromatic rings. The number of amides is 1. The number of carbonyl (C=O) groups is 2. The van der Waals surface area contributed by atoms with Crippen LogP contribution in [0.15, 0.2) is 47.4 Å². The first-order valence-corrected chi connectivity index (χ1v) is 10.8. The van der Waals surface area contributed by atoms with Crippen LogP contribution in [0, 0.1) is 12.7 Å². The van der Waals surface area contributed by atoms with Gasteiger partial charge in [-0.1, -0.05) is 17.7 Å². The largest absolute Gasteiger partial charge is 0.315 e. The van der Waals surface area contributed by atoms with Crippen LogP contribution in [0.5, 0.6) is 0 Å². The Morgan fingerprint density at radius 3 is 2.34 bits per heavy atom. The highest BCUT2D eigenvalue weighted by molar-refractivity contribution is 7.89. The molecule has 2 aliphatic heterocycles. The van der Waals surface area contributed by atoms with Crippen LogP contribution in [0.4, 0.5) is 10.1 Å².